The Morgan fingerprint density at radius 1 is 1.54 bits per heavy atom. The molecule has 3 unspecified atom stereocenters. The van der Waals surface area contributed by atoms with E-state index < -0.39 is 0 Å². The van der Waals surface area contributed by atoms with Gasteiger partial charge in [-0.05, 0) is 25.7 Å². The van der Waals surface area contributed by atoms with E-state index in [4.69, 9.17) is 0 Å². The fourth-order valence-electron chi connectivity index (χ4n) is 2.77. The monoisotopic (exact) mass is 199 g/mol. The van der Waals surface area contributed by atoms with Crippen molar-refractivity contribution in [1.29, 1.82) is 0 Å². The maximum atomic E-state index is 3.80. The second-order valence-electron chi connectivity index (χ2n) is 4.72. The van der Waals surface area contributed by atoms with E-state index in [2.05, 4.69) is 30.9 Å². The van der Waals surface area contributed by atoms with Gasteiger partial charge in [-0.2, -0.15) is 0 Å². The first kappa shape index (κ1) is 9.85. The number of rotatable bonds is 1. The van der Waals surface area contributed by atoms with Crippen LogP contribution in [0, 0.1) is 5.92 Å². The molecule has 1 heterocycles. The zero-order chi connectivity index (χ0) is 9.31. The Hall–Kier alpha value is 0.310. The molecule has 76 valence electrons. The maximum absolute atomic E-state index is 3.80. The molecule has 1 N–H and O–H groups in total. The topological polar surface area (TPSA) is 12.0 Å². The molecule has 0 radical (unpaired) electrons. The average Bonchev–Trinajstić information content (AvgIpc) is 2.47. The first-order valence-corrected chi connectivity index (χ1v) is 6.64. The molecule has 0 amide bonds. The van der Waals surface area contributed by atoms with Crippen molar-refractivity contribution in [3.8, 4) is 0 Å². The summed E-state index contributed by atoms with van der Waals surface area (Å²) in [5, 5.41) is 3.80. The maximum Gasteiger partial charge on any atom is 0.0650 e. The summed E-state index contributed by atoms with van der Waals surface area (Å²) in [6, 6.07) is 0.737. The van der Waals surface area contributed by atoms with E-state index in [-0.39, 0.29) is 0 Å². The summed E-state index contributed by atoms with van der Waals surface area (Å²) in [7, 11) is 0. The van der Waals surface area contributed by atoms with Crippen LogP contribution in [0.1, 0.15) is 46.0 Å². The number of nitrogens with one attached hydrogen (secondary N) is 1. The molecule has 0 aromatic heterocycles. The largest absolute Gasteiger partial charge is 0.299 e. The van der Waals surface area contributed by atoms with Crippen LogP contribution in [0.2, 0.25) is 0 Å². The lowest BCUT2D eigenvalue weighted by Gasteiger charge is -2.37. The van der Waals surface area contributed by atoms with E-state index in [9.17, 15) is 0 Å². The zero-order valence-electron chi connectivity index (χ0n) is 8.81. The van der Waals surface area contributed by atoms with Gasteiger partial charge in [-0.15, -0.1) is 11.8 Å². The lowest BCUT2D eigenvalue weighted by molar-refractivity contribution is 0.253. The van der Waals surface area contributed by atoms with Gasteiger partial charge in [0.1, 0.15) is 0 Å². The SMILES string of the molecule is CCC1CCCC2(C1)NC(C)CS2. The van der Waals surface area contributed by atoms with Crippen molar-refractivity contribution in [2.24, 2.45) is 5.92 Å². The summed E-state index contributed by atoms with van der Waals surface area (Å²) in [5.41, 5.74) is 0. The predicted octanol–water partition coefficient (Wildman–Crippen LogP) is 3.01. The van der Waals surface area contributed by atoms with E-state index in [1.54, 1.807) is 0 Å². The summed E-state index contributed by atoms with van der Waals surface area (Å²) < 4.78 is 0. The van der Waals surface area contributed by atoms with Gasteiger partial charge in [0.2, 0.25) is 0 Å². The van der Waals surface area contributed by atoms with Gasteiger partial charge in [-0.3, -0.25) is 5.32 Å². The second kappa shape index (κ2) is 3.82. The Kier molecular flexibility index (Phi) is 2.89. The molecule has 2 fully saturated rings. The molecule has 3 atom stereocenters. The van der Waals surface area contributed by atoms with Crippen LogP contribution in [-0.2, 0) is 0 Å². The number of hydrogen-bond acceptors (Lipinski definition) is 2. The van der Waals surface area contributed by atoms with Gasteiger partial charge in [0.05, 0.1) is 4.87 Å². The van der Waals surface area contributed by atoms with Crippen LogP contribution in [0.15, 0.2) is 0 Å². The molecule has 2 rings (SSSR count). The Bertz CT molecular complexity index is 179. The van der Waals surface area contributed by atoms with E-state index in [1.807, 2.05) is 0 Å². The molecule has 0 bridgehead atoms. The first-order valence-electron chi connectivity index (χ1n) is 5.66. The minimum Gasteiger partial charge on any atom is -0.299 e. The third-order valence-electron chi connectivity index (χ3n) is 3.51. The van der Waals surface area contributed by atoms with E-state index in [0.29, 0.717) is 4.87 Å². The predicted molar refractivity (Wildman–Crippen MR) is 60.0 cm³/mol. The quantitative estimate of drug-likeness (QED) is 0.697. The summed E-state index contributed by atoms with van der Waals surface area (Å²) in [4.78, 5) is 0.484. The van der Waals surface area contributed by atoms with Crippen molar-refractivity contribution in [3.63, 3.8) is 0 Å². The van der Waals surface area contributed by atoms with E-state index in [0.717, 1.165) is 12.0 Å². The Morgan fingerprint density at radius 3 is 3.00 bits per heavy atom. The molecule has 2 heteroatoms. The van der Waals surface area contributed by atoms with Crippen molar-refractivity contribution >= 4 is 11.8 Å². The normalized spacial score (nSPS) is 45.7. The van der Waals surface area contributed by atoms with Gasteiger partial charge in [0.25, 0.3) is 0 Å². The fraction of sp³-hybridized carbons (Fsp3) is 1.00. The highest BCUT2D eigenvalue weighted by atomic mass is 32.2. The third kappa shape index (κ3) is 2.04. The molecule has 1 spiro atoms. The Balaban J connectivity index is 1.98. The van der Waals surface area contributed by atoms with Crippen LogP contribution in [0.3, 0.4) is 0 Å². The summed E-state index contributed by atoms with van der Waals surface area (Å²) >= 11 is 2.18. The van der Waals surface area contributed by atoms with Crippen LogP contribution in [0.5, 0.6) is 0 Å². The highest BCUT2D eigenvalue weighted by Crippen LogP contribution is 2.44. The smallest absolute Gasteiger partial charge is 0.0650 e. The zero-order valence-corrected chi connectivity index (χ0v) is 9.62. The van der Waals surface area contributed by atoms with Gasteiger partial charge < -0.3 is 0 Å². The van der Waals surface area contributed by atoms with Crippen LogP contribution < -0.4 is 5.32 Å². The number of thioether (sulfide) groups is 1. The van der Waals surface area contributed by atoms with Crippen LogP contribution in [0.25, 0.3) is 0 Å². The van der Waals surface area contributed by atoms with E-state index >= 15 is 0 Å². The molecule has 13 heavy (non-hydrogen) atoms. The van der Waals surface area contributed by atoms with Gasteiger partial charge in [0.15, 0.2) is 0 Å². The standard InChI is InChI=1S/C11H21NS/c1-3-10-5-4-6-11(7-10)12-9(2)8-13-11/h9-10,12H,3-8H2,1-2H3. The number of hydrogen-bond donors (Lipinski definition) is 1. The van der Waals surface area contributed by atoms with Crippen LogP contribution in [0.4, 0.5) is 0 Å². The van der Waals surface area contributed by atoms with E-state index in [1.165, 1.54) is 37.9 Å². The highest BCUT2D eigenvalue weighted by Gasteiger charge is 2.40. The van der Waals surface area contributed by atoms with Crippen LogP contribution in [-0.4, -0.2) is 16.7 Å². The molecule has 1 aliphatic carbocycles. The molecular weight excluding hydrogens is 178 g/mol. The molecule has 0 aromatic rings. The minimum atomic E-state index is 0.484. The first-order chi connectivity index (χ1) is 6.24. The molecule has 1 aliphatic heterocycles. The molecule has 2 aliphatic rings. The molecule has 1 nitrogen and oxygen atoms in total. The second-order valence-corrected chi connectivity index (χ2v) is 6.12. The molecule has 1 saturated heterocycles. The average molecular weight is 199 g/mol. The van der Waals surface area contributed by atoms with Crippen molar-refractivity contribution in [2.75, 3.05) is 5.75 Å². The summed E-state index contributed by atoms with van der Waals surface area (Å²) in [6.07, 6.45) is 7.09. The van der Waals surface area contributed by atoms with Gasteiger partial charge >= 0.3 is 0 Å². The molecule has 0 aromatic carbocycles. The van der Waals surface area contributed by atoms with Gasteiger partial charge in [-0.1, -0.05) is 26.2 Å². The van der Waals surface area contributed by atoms with Gasteiger partial charge in [-0.25, -0.2) is 0 Å². The fourth-order valence-corrected chi connectivity index (χ4v) is 4.35. The summed E-state index contributed by atoms with van der Waals surface area (Å²) in [5.74, 6) is 2.30. The minimum absolute atomic E-state index is 0.484. The lowest BCUT2D eigenvalue weighted by atomic mass is 9.83. The van der Waals surface area contributed by atoms with Crippen LogP contribution >= 0.6 is 11.8 Å². The lowest BCUT2D eigenvalue weighted by Crippen LogP contribution is -2.44. The Labute approximate surface area is 86.0 Å². The van der Waals surface area contributed by atoms with Crippen molar-refractivity contribution < 1.29 is 0 Å². The third-order valence-corrected chi connectivity index (χ3v) is 5.22. The van der Waals surface area contributed by atoms with Gasteiger partial charge in [0, 0.05) is 11.8 Å². The highest BCUT2D eigenvalue weighted by molar-refractivity contribution is 8.00. The Morgan fingerprint density at radius 2 is 2.38 bits per heavy atom. The molecule has 1 saturated carbocycles. The van der Waals surface area contributed by atoms with Crippen molar-refractivity contribution in [2.45, 2.75) is 56.9 Å². The van der Waals surface area contributed by atoms with Crippen molar-refractivity contribution in [1.82, 2.24) is 5.32 Å². The molecular formula is C11H21NS. The summed E-state index contributed by atoms with van der Waals surface area (Å²) in [6.45, 7) is 4.66. The van der Waals surface area contributed by atoms with Crippen molar-refractivity contribution in [3.05, 3.63) is 0 Å².